The van der Waals surface area contributed by atoms with Gasteiger partial charge in [-0.25, -0.2) is 0 Å². The van der Waals surface area contributed by atoms with E-state index in [9.17, 15) is 0 Å². The maximum absolute atomic E-state index is 5.65. The number of anilines is 1. The van der Waals surface area contributed by atoms with Crippen LogP contribution in [0, 0.1) is 0 Å². The molecule has 0 aliphatic rings. The molecule has 1 rings (SSSR count). The number of nitrogen functional groups attached to an aromatic ring is 1. The van der Waals surface area contributed by atoms with Crippen molar-refractivity contribution in [3.05, 3.63) is 22.7 Å². The molecule has 0 aliphatic heterocycles. The summed E-state index contributed by atoms with van der Waals surface area (Å²) in [5.41, 5.74) is 6.34. The molecule has 0 heterocycles. The Labute approximate surface area is 98.7 Å². The molecular formula is C11H16BrNO2. The third-order valence-corrected chi connectivity index (χ3v) is 2.40. The third-order valence-electron chi connectivity index (χ3n) is 1.75. The number of nitrogens with two attached hydrogens (primary N) is 1. The van der Waals surface area contributed by atoms with Crippen LogP contribution in [0.4, 0.5) is 5.69 Å². The Balaban J connectivity index is 2.40. The van der Waals surface area contributed by atoms with Crippen LogP contribution in [-0.4, -0.2) is 19.3 Å². The lowest BCUT2D eigenvalue weighted by Gasteiger charge is -2.10. The molecule has 0 radical (unpaired) electrons. The number of hydrogen-bond acceptors (Lipinski definition) is 3. The van der Waals surface area contributed by atoms with E-state index in [0.717, 1.165) is 10.2 Å². The fourth-order valence-electron chi connectivity index (χ4n) is 1.07. The Hall–Kier alpha value is -0.740. The molecule has 2 N–H and O–H groups in total. The molecule has 1 aromatic rings. The number of rotatable bonds is 5. The summed E-state index contributed by atoms with van der Waals surface area (Å²) in [5, 5.41) is 0. The van der Waals surface area contributed by atoms with E-state index in [2.05, 4.69) is 15.9 Å². The molecular weight excluding hydrogens is 258 g/mol. The van der Waals surface area contributed by atoms with Gasteiger partial charge < -0.3 is 15.2 Å². The molecule has 1 aromatic carbocycles. The largest absolute Gasteiger partial charge is 0.490 e. The zero-order valence-corrected chi connectivity index (χ0v) is 10.6. The first kappa shape index (κ1) is 12.3. The molecule has 0 unspecified atom stereocenters. The summed E-state index contributed by atoms with van der Waals surface area (Å²) in [7, 11) is 0. The standard InChI is InChI=1S/C11H16BrNO2/c1-8(2)14-5-6-15-11-7-9(13)3-4-10(11)12/h3-4,7-8H,5-6,13H2,1-2H3. The van der Waals surface area contributed by atoms with Crippen molar-refractivity contribution >= 4 is 21.6 Å². The van der Waals surface area contributed by atoms with Crippen LogP contribution in [0.5, 0.6) is 5.75 Å². The van der Waals surface area contributed by atoms with E-state index in [0.29, 0.717) is 18.9 Å². The third kappa shape index (κ3) is 4.53. The minimum Gasteiger partial charge on any atom is -0.490 e. The lowest BCUT2D eigenvalue weighted by molar-refractivity contribution is 0.0551. The summed E-state index contributed by atoms with van der Waals surface area (Å²) in [6.07, 6.45) is 0.234. The van der Waals surface area contributed by atoms with Crippen molar-refractivity contribution in [1.29, 1.82) is 0 Å². The van der Waals surface area contributed by atoms with Crippen molar-refractivity contribution < 1.29 is 9.47 Å². The SMILES string of the molecule is CC(C)OCCOc1cc(N)ccc1Br. The van der Waals surface area contributed by atoms with Crippen molar-refractivity contribution in [2.24, 2.45) is 0 Å². The quantitative estimate of drug-likeness (QED) is 0.663. The van der Waals surface area contributed by atoms with E-state index in [-0.39, 0.29) is 6.10 Å². The first-order chi connectivity index (χ1) is 7.09. The second-order valence-corrected chi connectivity index (χ2v) is 4.31. The topological polar surface area (TPSA) is 44.5 Å². The molecule has 0 saturated heterocycles. The second kappa shape index (κ2) is 5.98. The number of hydrogen-bond donors (Lipinski definition) is 1. The highest BCUT2D eigenvalue weighted by atomic mass is 79.9. The number of ether oxygens (including phenoxy) is 2. The molecule has 0 saturated carbocycles. The van der Waals surface area contributed by atoms with Gasteiger partial charge in [0.25, 0.3) is 0 Å². The Morgan fingerprint density at radius 1 is 1.33 bits per heavy atom. The van der Waals surface area contributed by atoms with Crippen LogP contribution in [-0.2, 0) is 4.74 Å². The molecule has 0 atom stereocenters. The van der Waals surface area contributed by atoms with Crippen LogP contribution in [0.25, 0.3) is 0 Å². The van der Waals surface area contributed by atoms with Crippen molar-refractivity contribution in [3.8, 4) is 5.75 Å². The van der Waals surface area contributed by atoms with Crippen LogP contribution in [0.15, 0.2) is 22.7 Å². The van der Waals surface area contributed by atoms with E-state index >= 15 is 0 Å². The fraction of sp³-hybridized carbons (Fsp3) is 0.455. The highest BCUT2D eigenvalue weighted by Gasteiger charge is 2.01. The maximum atomic E-state index is 5.65. The molecule has 0 amide bonds. The lowest BCUT2D eigenvalue weighted by Crippen LogP contribution is -2.11. The normalized spacial score (nSPS) is 10.7. The molecule has 0 fully saturated rings. The first-order valence-electron chi connectivity index (χ1n) is 4.89. The Kier molecular flexibility index (Phi) is 4.91. The van der Waals surface area contributed by atoms with Gasteiger partial charge in [-0.05, 0) is 41.9 Å². The van der Waals surface area contributed by atoms with Crippen molar-refractivity contribution in [3.63, 3.8) is 0 Å². The molecule has 0 aliphatic carbocycles. The summed E-state index contributed by atoms with van der Waals surface area (Å²) in [5.74, 6) is 0.752. The molecule has 15 heavy (non-hydrogen) atoms. The highest BCUT2D eigenvalue weighted by molar-refractivity contribution is 9.10. The van der Waals surface area contributed by atoms with Crippen molar-refractivity contribution in [2.45, 2.75) is 20.0 Å². The Morgan fingerprint density at radius 2 is 2.07 bits per heavy atom. The molecule has 0 aromatic heterocycles. The van der Waals surface area contributed by atoms with Gasteiger partial charge in [-0.15, -0.1) is 0 Å². The first-order valence-corrected chi connectivity index (χ1v) is 5.68. The highest BCUT2D eigenvalue weighted by Crippen LogP contribution is 2.26. The number of benzene rings is 1. The van der Waals surface area contributed by atoms with Gasteiger partial charge in [-0.3, -0.25) is 0 Å². The van der Waals surface area contributed by atoms with E-state index in [1.165, 1.54) is 0 Å². The average molecular weight is 274 g/mol. The zero-order valence-electron chi connectivity index (χ0n) is 9.00. The van der Waals surface area contributed by atoms with Gasteiger partial charge in [0.05, 0.1) is 17.2 Å². The number of halogens is 1. The van der Waals surface area contributed by atoms with Gasteiger partial charge in [0.2, 0.25) is 0 Å². The van der Waals surface area contributed by atoms with E-state index in [1.807, 2.05) is 26.0 Å². The van der Waals surface area contributed by atoms with Crippen molar-refractivity contribution in [2.75, 3.05) is 18.9 Å². The summed E-state index contributed by atoms with van der Waals surface area (Å²) in [4.78, 5) is 0. The minimum absolute atomic E-state index is 0.234. The Bertz CT molecular complexity index is 315. The van der Waals surface area contributed by atoms with E-state index in [1.54, 1.807) is 6.07 Å². The summed E-state index contributed by atoms with van der Waals surface area (Å²) >= 11 is 3.39. The molecule has 3 nitrogen and oxygen atoms in total. The van der Waals surface area contributed by atoms with Crippen LogP contribution >= 0.6 is 15.9 Å². The van der Waals surface area contributed by atoms with Crippen molar-refractivity contribution in [1.82, 2.24) is 0 Å². The van der Waals surface area contributed by atoms with Gasteiger partial charge in [0, 0.05) is 11.8 Å². The van der Waals surface area contributed by atoms with Gasteiger partial charge in [-0.1, -0.05) is 0 Å². The predicted molar refractivity (Wildman–Crippen MR) is 65.1 cm³/mol. The summed E-state index contributed by atoms with van der Waals surface area (Å²) in [6.45, 7) is 5.10. The fourth-order valence-corrected chi connectivity index (χ4v) is 1.43. The van der Waals surface area contributed by atoms with E-state index < -0.39 is 0 Å². The zero-order chi connectivity index (χ0) is 11.3. The van der Waals surface area contributed by atoms with Crippen LogP contribution < -0.4 is 10.5 Å². The molecule has 0 bridgehead atoms. The molecule has 0 spiro atoms. The van der Waals surface area contributed by atoms with E-state index in [4.69, 9.17) is 15.2 Å². The van der Waals surface area contributed by atoms with Gasteiger partial charge >= 0.3 is 0 Å². The second-order valence-electron chi connectivity index (χ2n) is 3.46. The smallest absolute Gasteiger partial charge is 0.135 e. The summed E-state index contributed by atoms with van der Waals surface area (Å²) in [6, 6.07) is 5.48. The summed E-state index contributed by atoms with van der Waals surface area (Å²) < 4.78 is 11.8. The molecule has 4 heteroatoms. The van der Waals surface area contributed by atoms with Crippen LogP contribution in [0.3, 0.4) is 0 Å². The van der Waals surface area contributed by atoms with Gasteiger partial charge in [0.15, 0.2) is 0 Å². The van der Waals surface area contributed by atoms with Crippen LogP contribution in [0.1, 0.15) is 13.8 Å². The average Bonchev–Trinajstić information content (AvgIpc) is 2.17. The Morgan fingerprint density at radius 3 is 2.73 bits per heavy atom. The predicted octanol–water partition coefficient (Wildman–Crippen LogP) is 2.84. The van der Waals surface area contributed by atoms with Gasteiger partial charge in [-0.2, -0.15) is 0 Å². The van der Waals surface area contributed by atoms with Crippen LogP contribution in [0.2, 0.25) is 0 Å². The minimum atomic E-state index is 0.234. The lowest BCUT2D eigenvalue weighted by atomic mass is 10.3. The van der Waals surface area contributed by atoms with Gasteiger partial charge in [0.1, 0.15) is 12.4 Å². The molecule has 84 valence electrons. The maximum Gasteiger partial charge on any atom is 0.135 e. The monoisotopic (exact) mass is 273 g/mol.